The molecule has 0 aromatic rings. The maximum atomic E-state index is 12.6. The first-order valence-corrected chi connectivity index (χ1v) is 25.3. The first-order valence-electron chi connectivity index (χ1n) is 23.8. The van der Waals surface area contributed by atoms with Gasteiger partial charge < -0.3 is 20.1 Å². The number of carbonyl (C=O) groups is 1. The second kappa shape index (κ2) is 45.1. The van der Waals surface area contributed by atoms with Crippen molar-refractivity contribution >= 4 is 13.8 Å². The lowest BCUT2D eigenvalue weighted by Crippen LogP contribution is -2.28. The number of unbranched alkanes of at least 4 members (excludes halogenated alkanes) is 29. The molecular formula is C47H92NO7P. The van der Waals surface area contributed by atoms with Gasteiger partial charge in [-0.2, -0.15) is 0 Å². The Kier molecular flexibility index (Phi) is 44.3. The smallest absolute Gasteiger partial charge is 0.457 e. The van der Waals surface area contributed by atoms with Crippen molar-refractivity contribution in [3.63, 3.8) is 0 Å². The van der Waals surface area contributed by atoms with Crippen molar-refractivity contribution in [3.8, 4) is 0 Å². The summed E-state index contributed by atoms with van der Waals surface area (Å²) < 4.78 is 33.5. The summed E-state index contributed by atoms with van der Waals surface area (Å²) in [5, 5.41) is 0. The van der Waals surface area contributed by atoms with E-state index < -0.39 is 13.9 Å². The summed E-state index contributed by atoms with van der Waals surface area (Å²) in [7, 11) is -4.28. The van der Waals surface area contributed by atoms with Crippen LogP contribution in [0.2, 0.25) is 0 Å². The Morgan fingerprint density at radius 3 is 1.30 bits per heavy atom. The molecule has 0 bridgehead atoms. The zero-order valence-corrected chi connectivity index (χ0v) is 37.8. The van der Waals surface area contributed by atoms with Crippen molar-refractivity contribution in [2.24, 2.45) is 5.73 Å². The highest BCUT2D eigenvalue weighted by molar-refractivity contribution is 7.47. The fourth-order valence-corrected chi connectivity index (χ4v) is 7.58. The molecule has 0 spiro atoms. The van der Waals surface area contributed by atoms with Crippen LogP contribution in [-0.2, 0) is 27.9 Å². The number of carbonyl (C=O) groups excluding carboxylic acids is 1. The molecule has 0 fully saturated rings. The van der Waals surface area contributed by atoms with E-state index in [-0.39, 0.29) is 32.3 Å². The molecule has 8 nitrogen and oxygen atoms in total. The van der Waals surface area contributed by atoms with E-state index in [0.717, 1.165) is 32.1 Å². The van der Waals surface area contributed by atoms with Crippen molar-refractivity contribution in [1.29, 1.82) is 0 Å². The van der Waals surface area contributed by atoms with Crippen LogP contribution in [0.1, 0.15) is 232 Å². The van der Waals surface area contributed by atoms with Crippen LogP contribution in [0.25, 0.3) is 0 Å². The molecule has 0 aromatic heterocycles. The minimum atomic E-state index is -4.28. The van der Waals surface area contributed by atoms with Gasteiger partial charge in [-0.15, -0.1) is 0 Å². The van der Waals surface area contributed by atoms with Crippen LogP contribution >= 0.6 is 7.82 Å². The van der Waals surface area contributed by atoms with Gasteiger partial charge in [0.05, 0.1) is 19.8 Å². The largest absolute Gasteiger partial charge is 0.472 e. The van der Waals surface area contributed by atoms with E-state index in [4.69, 9.17) is 24.3 Å². The van der Waals surface area contributed by atoms with Gasteiger partial charge in [-0.05, 0) is 64.2 Å². The fraction of sp³-hybridized carbons (Fsp3) is 0.894. The standard InChI is InChI=1S/C47H92NO7P/c1-3-5-7-9-11-13-15-17-19-21-23-25-27-29-31-33-35-37-39-42-52-44-46(45-54-56(50,51)53-43-41-48)55-47(49)40-38-36-34-32-30-28-26-24-22-20-18-16-14-12-10-8-6-4-2/h19-22,46H,3-18,23-45,48H2,1-2H3,(H,50,51)/b21-19-,22-20-. The van der Waals surface area contributed by atoms with Crippen LogP contribution in [0.4, 0.5) is 0 Å². The molecule has 0 saturated carbocycles. The summed E-state index contributed by atoms with van der Waals surface area (Å²) in [6.45, 7) is 4.94. The average molecular weight is 814 g/mol. The van der Waals surface area contributed by atoms with Crippen LogP contribution < -0.4 is 5.73 Å². The Bertz CT molecular complexity index is 915. The maximum absolute atomic E-state index is 12.6. The van der Waals surface area contributed by atoms with Gasteiger partial charge >= 0.3 is 13.8 Å². The van der Waals surface area contributed by atoms with Gasteiger partial charge in [0.1, 0.15) is 6.10 Å². The van der Waals surface area contributed by atoms with Crippen LogP contribution in [-0.4, -0.2) is 49.9 Å². The number of phosphoric acid groups is 1. The van der Waals surface area contributed by atoms with Crippen LogP contribution in [0.5, 0.6) is 0 Å². The number of nitrogens with two attached hydrogens (primary N) is 1. The molecule has 0 saturated heterocycles. The Morgan fingerprint density at radius 2 is 0.893 bits per heavy atom. The van der Waals surface area contributed by atoms with E-state index in [1.165, 1.54) is 180 Å². The van der Waals surface area contributed by atoms with Gasteiger partial charge in [0.25, 0.3) is 0 Å². The van der Waals surface area contributed by atoms with Gasteiger partial charge in [-0.1, -0.05) is 186 Å². The lowest BCUT2D eigenvalue weighted by atomic mass is 10.1. The van der Waals surface area contributed by atoms with Crippen molar-refractivity contribution < 1.29 is 32.8 Å². The third kappa shape index (κ3) is 44.1. The van der Waals surface area contributed by atoms with Gasteiger partial charge in [0, 0.05) is 19.6 Å². The van der Waals surface area contributed by atoms with E-state index in [9.17, 15) is 14.3 Å². The summed E-state index contributed by atoms with van der Waals surface area (Å²) in [5.74, 6) is -0.333. The molecule has 0 radical (unpaired) electrons. The first-order chi connectivity index (χ1) is 27.4. The molecule has 332 valence electrons. The van der Waals surface area contributed by atoms with Crippen molar-refractivity contribution in [1.82, 2.24) is 0 Å². The molecule has 0 rings (SSSR count). The van der Waals surface area contributed by atoms with Gasteiger partial charge in [0.2, 0.25) is 0 Å². The second-order valence-electron chi connectivity index (χ2n) is 16.0. The van der Waals surface area contributed by atoms with Crippen LogP contribution in [0, 0.1) is 0 Å². The lowest BCUT2D eigenvalue weighted by molar-refractivity contribution is -0.154. The molecule has 0 aliphatic rings. The third-order valence-corrected chi connectivity index (χ3v) is 11.3. The zero-order chi connectivity index (χ0) is 40.9. The highest BCUT2D eigenvalue weighted by Crippen LogP contribution is 2.43. The number of rotatable bonds is 46. The topological polar surface area (TPSA) is 117 Å². The number of hydrogen-bond donors (Lipinski definition) is 2. The SMILES string of the molecule is CCCCCCCCC/C=C\CCCCCCCCCCOCC(COP(=O)(O)OCCN)OC(=O)CCCCCCCCC/C=C\CCCCCCCCC. The molecule has 56 heavy (non-hydrogen) atoms. The molecule has 0 heterocycles. The van der Waals surface area contributed by atoms with Gasteiger partial charge in [-0.25, -0.2) is 4.57 Å². The number of allylic oxidation sites excluding steroid dienone is 4. The minimum Gasteiger partial charge on any atom is -0.457 e. The van der Waals surface area contributed by atoms with Crippen molar-refractivity contribution in [2.45, 2.75) is 238 Å². The van der Waals surface area contributed by atoms with E-state index in [1.807, 2.05) is 0 Å². The lowest BCUT2D eigenvalue weighted by Gasteiger charge is -2.20. The van der Waals surface area contributed by atoms with Crippen molar-refractivity contribution in [2.75, 3.05) is 33.0 Å². The van der Waals surface area contributed by atoms with E-state index >= 15 is 0 Å². The minimum absolute atomic E-state index is 0.0954. The monoisotopic (exact) mass is 814 g/mol. The summed E-state index contributed by atoms with van der Waals surface area (Å²) in [6, 6.07) is 0. The Morgan fingerprint density at radius 1 is 0.518 bits per heavy atom. The summed E-state index contributed by atoms with van der Waals surface area (Å²) in [5.41, 5.74) is 5.38. The molecule has 2 atom stereocenters. The summed E-state index contributed by atoms with van der Waals surface area (Å²) in [6.07, 6.45) is 50.5. The van der Waals surface area contributed by atoms with Crippen LogP contribution in [0.15, 0.2) is 24.3 Å². The molecular weight excluding hydrogens is 721 g/mol. The Balaban J connectivity index is 3.98. The predicted octanol–water partition coefficient (Wildman–Crippen LogP) is 14.4. The first kappa shape index (κ1) is 55.0. The van der Waals surface area contributed by atoms with Gasteiger partial charge in [-0.3, -0.25) is 13.8 Å². The van der Waals surface area contributed by atoms with E-state index in [1.54, 1.807) is 0 Å². The van der Waals surface area contributed by atoms with E-state index in [2.05, 4.69) is 38.2 Å². The second-order valence-corrected chi connectivity index (χ2v) is 17.4. The maximum Gasteiger partial charge on any atom is 0.472 e. The molecule has 0 aromatic carbocycles. The highest BCUT2D eigenvalue weighted by Gasteiger charge is 2.25. The quantitative estimate of drug-likeness (QED) is 0.0270. The number of ether oxygens (including phenoxy) is 2. The predicted molar refractivity (Wildman–Crippen MR) is 238 cm³/mol. The van der Waals surface area contributed by atoms with E-state index in [0.29, 0.717) is 13.0 Å². The average Bonchev–Trinajstić information content (AvgIpc) is 3.19. The molecule has 0 aliphatic heterocycles. The Labute approximate surface area is 346 Å². The van der Waals surface area contributed by atoms with Gasteiger partial charge in [0.15, 0.2) is 0 Å². The molecule has 9 heteroatoms. The molecule has 3 N–H and O–H groups in total. The number of phosphoric ester groups is 1. The summed E-state index contributed by atoms with van der Waals surface area (Å²) >= 11 is 0. The third-order valence-electron chi connectivity index (χ3n) is 10.3. The number of hydrogen-bond acceptors (Lipinski definition) is 7. The van der Waals surface area contributed by atoms with Crippen LogP contribution in [0.3, 0.4) is 0 Å². The van der Waals surface area contributed by atoms with Crippen molar-refractivity contribution in [3.05, 3.63) is 24.3 Å². The Hall–Kier alpha value is -1.02. The fourth-order valence-electron chi connectivity index (χ4n) is 6.81. The molecule has 0 amide bonds. The highest BCUT2D eigenvalue weighted by atomic mass is 31.2. The number of esters is 1. The normalized spacial score (nSPS) is 13.6. The molecule has 2 unspecified atom stereocenters. The molecule has 0 aliphatic carbocycles. The summed E-state index contributed by atoms with van der Waals surface area (Å²) in [4.78, 5) is 22.5. The zero-order valence-electron chi connectivity index (χ0n) is 36.9.